The van der Waals surface area contributed by atoms with Crippen molar-refractivity contribution in [2.45, 2.75) is 52.0 Å². The van der Waals surface area contributed by atoms with Crippen molar-refractivity contribution in [3.8, 4) is 11.3 Å². The van der Waals surface area contributed by atoms with Crippen LogP contribution in [0.15, 0.2) is 17.5 Å². The molecule has 2 nitrogen and oxygen atoms in total. The van der Waals surface area contributed by atoms with E-state index in [1.165, 1.54) is 35.1 Å². The Morgan fingerprint density at radius 2 is 1.70 bits per heavy atom. The van der Waals surface area contributed by atoms with Gasteiger partial charge in [0.05, 0.1) is 11.2 Å². The molecular weight excluding hydrogens is 264 g/mol. The summed E-state index contributed by atoms with van der Waals surface area (Å²) in [6, 6.07) is 4.46. The van der Waals surface area contributed by atoms with Crippen LogP contribution in [0.25, 0.3) is 11.3 Å². The maximum absolute atomic E-state index is 6.52. The van der Waals surface area contributed by atoms with Crippen molar-refractivity contribution >= 4 is 11.3 Å². The first-order valence-corrected chi connectivity index (χ1v) is 8.21. The van der Waals surface area contributed by atoms with Gasteiger partial charge in [0.2, 0.25) is 0 Å². The molecule has 3 rings (SSSR count). The van der Waals surface area contributed by atoms with Gasteiger partial charge in [-0.3, -0.25) is 0 Å². The minimum atomic E-state index is -0.171. The number of nitrogens with two attached hydrogens (primary N) is 1. The molecule has 2 N–H and O–H groups in total. The van der Waals surface area contributed by atoms with Crippen LogP contribution in [0.4, 0.5) is 0 Å². The second kappa shape index (κ2) is 4.97. The van der Waals surface area contributed by atoms with Crippen LogP contribution >= 0.6 is 11.3 Å². The van der Waals surface area contributed by atoms with Gasteiger partial charge < -0.3 is 5.73 Å². The molecule has 1 aliphatic rings. The maximum atomic E-state index is 6.52. The van der Waals surface area contributed by atoms with Gasteiger partial charge in [0.25, 0.3) is 0 Å². The molecule has 0 bridgehead atoms. The summed E-state index contributed by atoms with van der Waals surface area (Å²) < 4.78 is 0. The van der Waals surface area contributed by atoms with Crippen molar-refractivity contribution in [3.05, 3.63) is 39.2 Å². The Kier molecular flexibility index (Phi) is 3.43. The van der Waals surface area contributed by atoms with Gasteiger partial charge in [-0.2, -0.15) is 0 Å². The maximum Gasteiger partial charge on any atom is 0.113 e. The summed E-state index contributed by atoms with van der Waals surface area (Å²) in [7, 11) is 0. The van der Waals surface area contributed by atoms with Gasteiger partial charge in [0, 0.05) is 10.9 Å². The molecule has 1 aromatic carbocycles. The third-order valence-electron chi connectivity index (χ3n) is 4.36. The van der Waals surface area contributed by atoms with E-state index < -0.39 is 0 Å². The molecule has 1 aromatic heterocycles. The Morgan fingerprint density at radius 1 is 1.10 bits per heavy atom. The number of benzene rings is 1. The van der Waals surface area contributed by atoms with Gasteiger partial charge in [-0.15, -0.1) is 11.3 Å². The lowest BCUT2D eigenvalue weighted by Gasteiger charge is -2.20. The first kappa shape index (κ1) is 13.8. The molecule has 1 aliphatic carbocycles. The topological polar surface area (TPSA) is 38.9 Å². The molecule has 1 saturated carbocycles. The number of nitrogens with zero attached hydrogens (tertiary/aromatic N) is 1. The zero-order valence-corrected chi connectivity index (χ0v) is 13.3. The minimum absolute atomic E-state index is 0.171. The normalized spacial score (nSPS) is 17.6. The fraction of sp³-hybridized carbons (Fsp3) is 0.471. The second-order valence-corrected chi connectivity index (χ2v) is 7.03. The van der Waals surface area contributed by atoms with Gasteiger partial charge >= 0.3 is 0 Å². The zero-order valence-electron chi connectivity index (χ0n) is 12.5. The van der Waals surface area contributed by atoms with E-state index in [1.807, 2.05) is 0 Å². The van der Waals surface area contributed by atoms with Gasteiger partial charge in [0.15, 0.2) is 0 Å². The highest BCUT2D eigenvalue weighted by Gasteiger charge is 2.34. The largest absolute Gasteiger partial charge is 0.319 e. The number of aryl methyl sites for hydroxylation is 3. The van der Waals surface area contributed by atoms with E-state index >= 15 is 0 Å². The molecule has 1 heterocycles. The van der Waals surface area contributed by atoms with E-state index in [9.17, 15) is 0 Å². The summed E-state index contributed by atoms with van der Waals surface area (Å²) in [4.78, 5) is 4.88. The van der Waals surface area contributed by atoms with Crippen LogP contribution in [0.5, 0.6) is 0 Å². The van der Waals surface area contributed by atoms with Gasteiger partial charge in [-0.05, 0) is 44.7 Å². The van der Waals surface area contributed by atoms with Crippen molar-refractivity contribution in [1.29, 1.82) is 0 Å². The Balaban J connectivity index is 2.03. The second-order valence-electron chi connectivity index (χ2n) is 6.17. The Labute approximate surface area is 125 Å². The fourth-order valence-corrected chi connectivity index (χ4v) is 4.40. The van der Waals surface area contributed by atoms with Gasteiger partial charge in [-0.1, -0.05) is 30.5 Å². The van der Waals surface area contributed by atoms with Crippen LogP contribution in [0.2, 0.25) is 0 Å². The van der Waals surface area contributed by atoms with Gasteiger partial charge in [0.1, 0.15) is 5.01 Å². The number of thiazole rings is 1. The minimum Gasteiger partial charge on any atom is -0.319 e. The van der Waals surface area contributed by atoms with Crippen molar-refractivity contribution < 1.29 is 0 Å². The molecule has 0 saturated heterocycles. The predicted molar refractivity (Wildman–Crippen MR) is 86.1 cm³/mol. The predicted octanol–water partition coefficient (Wildman–Crippen LogP) is 4.46. The Bertz CT molecular complexity index is 613. The molecule has 106 valence electrons. The average Bonchev–Trinajstić information content (AvgIpc) is 2.98. The monoisotopic (exact) mass is 286 g/mol. The molecule has 20 heavy (non-hydrogen) atoms. The van der Waals surface area contributed by atoms with Crippen LogP contribution in [0.3, 0.4) is 0 Å². The van der Waals surface area contributed by atoms with Crippen molar-refractivity contribution in [1.82, 2.24) is 4.98 Å². The number of hydrogen-bond acceptors (Lipinski definition) is 3. The van der Waals surface area contributed by atoms with Crippen LogP contribution in [-0.4, -0.2) is 4.98 Å². The highest BCUT2D eigenvalue weighted by atomic mass is 32.1. The lowest BCUT2D eigenvalue weighted by Crippen LogP contribution is -2.32. The van der Waals surface area contributed by atoms with Gasteiger partial charge in [-0.25, -0.2) is 4.98 Å². The Hall–Kier alpha value is -1.19. The van der Waals surface area contributed by atoms with E-state index in [4.69, 9.17) is 10.7 Å². The summed E-state index contributed by atoms with van der Waals surface area (Å²) in [5.74, 6) is 0. The molecule has 0 atom stereocenters. The molecular formula is C17H22N2S. The quantitative estimate of drug-likeness (QED) is 0.885. The summed E-state index contributed by atoms with van der Waals surface area (Å²) in [5, 5.41) is 3.29. The van der Waals surface area contributed by atoms with Crippen LogP contribution in [0.1, 0.15) is 47.4 Å². The molecule has 2 aromatic rings. The molecule has 3 heteroatoms. The molecule has 0 radical (unpaired) electrons. The summed E-state index contributed by atoms with van der Waals surface area (Å²) in [5.41, 5.74) is 12.6. The molecule has 1 fully saturated rings. The van der Waals surface area contributed by atoms with Crippen LogP contribution in [-0.2, 0) is 5.54 Å². The highest BCUT2D eigenvalue weighted by Crippen LogP contribution is 2.39. The summed E-state index contributed by atoms with van der Waals surface area (Å²) >= 11 is 1.73. The SMILES string of the molecule is Cc1cc(C)c(-c2csc(C3(N)CCCC3)n2)c(C)c1. The fourth-order valence-electron chi connectivity index (χ4n) is 3.42. The molecule has 0 aliphatic heterocycles. The lowest BCUT2D eigenvalue weighted by molar-refractivity contribution is 0.459. The van der Waals surface area contributed by atoms with Crippen molar-refractivity contribution in [3.63, 3.8) is 0 Å². The summed E-state index contributed by atoms with van der Waals surface area (Å²) in [6.45, 7) is 6.48. The van der Waals surface area contributed by atoms with E-state index in [1.54, 1.807) is 11.3 Å². The smallest absolute Gasteiger partial charge is 0.113 e. The third kappa shape index (κ3) is 2.29. The molecule has 0 unspecified atom stereocenters. The third-order valence-corrected chi connectivity index (χ3v) is 5.42. The van der Waals surface area contributed by atoms with E-state index in [2.05, 4.69) is 38.3 Å². The van der Waals surface area contributed by atoms with Crippen molar-refractivity contribution in [2.24, 2.45) is 5.73 Å². The average molecular weight is 286 g/mol. The van der Waals surface area contributed by atoms with E-state index in [0.29, 0.717) is 0 Å². The molecule has 0 amide bonds. The standard InChI is InChI=1S/C17H22N2S/c1-11-8-12(2)15(13(3)9-11)14-10-20-16(19-14)17(18)6-4-5-7-17/h8-10H,4-7,18H2,1-3H3. The highest BCUT2D eigenvalue weighted by molar-refractivity contribution is 7.10. The van der Waals surface area contributed by atoms with Crippen molar-refractivity contribution in [2.75, 3.05) is 0 Å². The zero-order chi connectivity index (χ0) is 14.3. The number of aromatic nitrogens is 1. The summed E-state index contributed by atoms with van der Waals surface area (Å²) in [6.07, 6.45) is 4.61. The lowest BCUT2D eigenvalue weighted by atomic mass is 9.97. The number of hydrogen-bond donors (Lipinski definition) is 1. The first-order valence-electron chi connectivity index (χ1n) is 7.33. The Morgan fingerprint density at radius 3 is 2.30 bits per heavy atom. The van der Waals surface area contributed by atoms with Crippen LogP contribution in [0, 0.1) is 20.8 Å². The van der Waals surface area contributed by atoms with Crippen LogP contribution < -0.4 is 5.73 Å². The van der Waals surface area contributed by atoms with E-state index in [-0.39, 0.29) is 5.54 Å². The number of rotatable bonds is 2. The molecule has 0 spiro atoms. The first-order chi connectivity index (χ1) is 9.49. The van der Waals surface area contributed by atoms with E-state index in [0.717, 1.165) is 23.5 Å².